The van der Waals surface area contributed by atoms with E-state index < -0.39 is 147 Å². The van der Waals surface area contributed by atoms with E-state index in [9.17, 15) is 89.1 Å². The zero-order chi connectivity index (χ0) is 76.5. The van der Waals surface area contributed by atoms with Gasteiger partial charge in [0.05, 0.1) is 59.5 Å². The lowest BCUT2D eigenvalue weighted by atomic mass is 9.77. The number of hydrogen-bond donors (Lipinski definition) is 17. The van der Waals surface area contributed by atoms with Crippen molar-refractivity contribution in [3.63, 3.8) is 0 Å². The second kappa shape index (κ2) is 49.8. The summed E-state index contributed by atoms with van der Waals surface area (Å²) in [6.45, 7) is 7.34. The first-order valence-electron chi connectivity index (χ1n) is 36.9. The second-order valence-corrected chi connectivity index (χ2v) is 27.2. The summed E-state index contributed by atoms with van der Waals surface area (Å²) in [6, 6.07) is -3.06. The molecule has 9 amide bonds. The fraction of sp³-hybridized carbons (Fsp3) is 0.868. The van der Waals surface area contributed by atoms with Gasteiger partial charge in [0.15, 0.2) is 24.6 Å². The van der Waals surface area contributed by atoms with E-state index >= 15 is 0 Å². The quantitative estimate of drug-likeness (QED) is 0.0194. The maximum absolute atomic E-state index is 12.6. The smallest absolute Gasteiger partial charge is 0.407 e. The van der Waals surface area contributed by atoms with Gasteiger partial charge in [0.25, 0.3) is 0 Å². The van der Waals surface area contributed by atoms with Crippen molar-refractivity contribution in [1.82, 2.24) is 47.4 Å². The van der Waals surface area contributed by atoms with Crippen LogP contribution in [0.5, 0.6) is 0 Å². The van der Waals surface area contributed by atoms with Crippen molar-refractivity contribution < 1.29 is 132 Å². The van der Waals surface area contributed by atoms with Crippen LogP contribution in [0.1, 0.15) is 182 Å². The molecule has 15 unspecified atom stereocenters. The van der Waals surface area contributed by atoms with Crippen LogP contribution >= 0.6 is 0 Å². The van der Waals surface area contributed by atoms with E-state index in [0.717, 1.165) is 62.7 Å². The molecule has 36 heteroatoms. The van der Waals surface area contributed by atoms with Crippen LogP contribution in [0.15, 0.2) is 0 Å². The van der Waals surface area contributed by atoms with Crippen LogP contribution in [0, 0.1) is 5.41 Å². The summed E-state index contributed by atoms with van der Waals surface area (Å²) in [7, 11) is 0. The number of carbonyl (C=O) groups is 9. The van der Waals surface area contributed by atoms with Crippen LogP contribution in [-0.4, -0.2) is 295 Å². The topological polar surface area (TPSA) is 518 Å². The molecule has 0 aromatic carbocycles. The fourth-order valence-electron chi connectivity index (χ4n) is 12.6. The summed E-state index contributed by atoms with van der Waals surface area (Å²) in [5, 5.41) is 113. The SMILES string of the molecule is CC(=O)NC1C(OCCCC(=O)NCCCCCCNC(=O)OCCCC(C)(CCCOC(=O)NCCCCCCNC(=O)CCCOC2OC(CO)C(O)C(O)C2NC(C)=O)CCCOC(=O)NCCCCCCNC(=O)CCCOC2OC(CO)C(O)C3(O)C2N3C(C)=O)OC(CO)C(O)C1O. The van der Waals surface area contributed by atoms with E-state index in [1.807, 2.05) is 0 Å². The van der Waals surface area contributed by atoms with Crippen molar-refractivity contribution in [2.45, 2.75) is 273 Å². The highest BCUT2D eigenvalue weighted by molar-refractivity contribution is 5.79. The molecule has 4 aliphatic rings. The minimum absolute atomic E-state index is 0.0556. The van der Waals surface area contributed by atoms with E-state index in [0.29, 0.717) is 116 Å². The molecule has 0 aromatic rings. The van der Waals surface area contributed by atoms with Gasteiger partial charge in [-0.25, -0.2) is 14.4 Å². The Morgan fingerprint density at radius 2 is 0.712 bits per heavy atom. The van der Waals surface area contributed by atoms with Crippen molar-refractivity contribution in [2.24, 2.45) is 5.41 Å². The Balaban J connectivity index is 1.06. The number of fused-ring (bicyclic) bond motifs is 1. The third kappa shape index (κ3) is 33.0. The van der Waals surface area contributed by atoms with Crippen molar-refractivity contribution >= 4 is 53.7 Å². The predicted octanol–water partition coefficient (Wildman–Crippen LogP) is -1.18. The number of hydrogen-bond acceptors (Lipinski definition) is 27. The van der Waals surface area contributed by atoms with Gasteiger partial charge >= 0.3 is 18.3 Å². The number of nitrogens with one attached hydrogen (secondary N) is 8. The number of ether oxygens (including phenoxy) is 9. The molecule has 4 aliphatic heterocycles. The summed E-state index contributed by atoms with van der Waals surface area (Å²) < 4.78 is 50.2. The van der Waals surface area contributed by atoms with Gasteiger partial charge in [-0.2, -0.15) is 0 Å². The lowest BCUT2D eigenvalue weighted by molar-refractivity contribution is -0.270. The average Bonchev–Trinajstić information content (AvgIpc) is 1.52. The summed E-state index contributed by atoms with van der Waals surface area (Å²) in [4.78, 5) is 111. The Bertz CT molecular complexity index is 2360. The van der Waals surface area contributed by atoms with Crippen LogP contribution in [0.2, 0.25) is 0 Å². The van der Waals surface area contributed by atoms with Gasteiger partial charge in [-0.3, -0.25) is 33.7 Å². The molecule has 4 saturated heterocycles. The minimum Gasteiger partial charge on any atom is -0.450 e. The maximum atomic E-state index is 12.6. The predicted molar refractivity (Wildman–Crippen MR) is 368 cm³/mol. The van der Waals surface area contributed by atoms with Gasteiger partial charge in [0.2, 0.25) is 35.4 Å². The standard InChI is InChI=1S/C68H121N9O27/c1-44(81)75-53-57(89)55(87)47(41-78)102-61(53)96-35-17-23-50(84)69-29-11-5-8-14-32-72-64(92)99-38-20-26-67(4,27-21-39-100-65(93)73-33-15-9-6-12-30-70-51(85)24-18-36-97-62-54(76-45(2)82)58(90)56(88)48(42-79)103-62)28-22-40-101-66(94)74-34-16-10-7-13-31-71-52(86)25-19-37-98-63-59-68(95,77(59)46(3)83)60(91)49(43-80)104-63/h47-49,53-63,78-80,87-91,95H,5-43H2,1-4H3,(H,69,84)(H,70,85)(H,71,86)(H,72,92)(H,73,93)(H,74,94)(H,75,81)(H,76,82). The van der Waals surface area contributed by atoms with E-state index in [2.05, 4.69) is 49.5 Å². The van der Waals surface area contributed by atoms with E-state index in [-0.39, 0.29) is 82.0 Å². The van der Waals surface area contributed by atoms with E-state index in [1.165, 1.54) is 20.8 Å². The molecule has 36 nitrogen and oxygen atoms in total. The number of alkyl carbamates (subject to hydrolysis) is 3. The zero-order valence-corrected chi connectivity index (χ0v) is 61.0. The van der Waals surface area contributed by atoms with Gasteiger partial charge in [-0.1, -0.05) is 45.4 Å². The molecular formula is C68H121N9O27. The number of aliphatic hydroxyl groups is 9. The first-order valence-corrected chi connectivity index (χ1v) is 36.9. The van der Waals surface area contributed by atoms with Crippen LogP contribution in [0.25, 0.3) is 0 Å². The molecule has 0 saturated carbocycles. The summed E-state index contributed by atoms with van der Waals surface area (Å²) in [5.74, 6) is -1.98. The van der Waals surface area contributed by atoms with E-state index in [4.69, 9.17) is 42.6 Å². The molecule has 0 radical (unpaired) electrons. The van der Waals surface area contributed by atoms with Gasteiger partial charge < -0.3 is 131 Å². The Kier molecular flexibility index (Phi) is 43.3. The van der Waals surface area contributed by atoms with Crippen LogP contribution in [0.3, 0.4) is 0 Å². The normalized spacial score (nSPS) is 26.1. The third-order valence-electron chi connectivity index (χ3n) is 18.5. The Labute approximate surface area is 608 Å². The van der Waals surface area contributed by atoms with Crippen LogP contribution in [0.4, 0.5) is 14.4 Å². The highest BCUT2D eigenvalue weighted by Gasteiger charge is 2.76. The van der Waals surface area contributed by atoms with E-state index in [1.54, 1.807) is 0 Å². The third-order valence-corrected chi connectivity index (χ3v) is 18.5. The molecule has 0 spiro atoms. The lowest BCUT2D eigenvalue weighted by Gasteiger charge is -2.42. The Hall–Kier alpha value is -5.97. The fourth-order valence-corrected chi connectivity index (χ4v) is 12.6. The molecule has 17 N–H and O–H groups in total. The first-order chi connectivity index (χ1) is 49.8. The van der Waals surface area contributed by atoms with Crippen molar-refractivity contribution in [3.05, 3.63) is 0 Å². The van der Waals surface area contributed by atoms with Crippen LogP contribution < -0.4 is 42.5 Å². The summed E-state index contributed by atoms with van der Waals surface area (Å²) in [6.07, 6.45) is -1.46. The summed E-state index contributed by atoms with van der Waals surface area (Å²) >= 11 is 0. The van der Waals surface area contributed by atoms with Gasteiger partial charge in [0.1, 0.15) is 67.0 Å². The molecule has 15 atom stereocenters. The highest BCUT2D eigenvalue weighted by Crippen LogP contribution is 2.50. The number of nitrogens with zero attached hydrogens (tertiary/aromatic N) is 1. The Morgan fingerprint density at radius 3 is 1.02 bits per heavy atom. The first kappa shape index (κ1) is 90.4. The molecule has 4 rings (SSSR count). The van der Waals surface area contributed by atoms with Gasteiger partial charge in [-0.05, 0) is 102 Å². The molecule has 4 fully saturated rings. The number of carbonyl (C=O) groups excluding carboxylic acids is 9. The molecule has 0 bridgehead atoms. The molecule has 4 heterocycles. The minimum atomic E-state index is -1.88. The average molecular weight is 1500 g/mol. The Morgan fingerprint density at radius 1 is 0.404 bits per heavy atom. The molecular weight excluding hydrogens is 1370 g/mol. The monoisotopic (exact) mass is 1500 g/mol. The lowest BCUT2D eigenvalue weighted by Crippen LogP contribution is -2.64. The number of aliphatic hydroxyl groups excluding tert-OH is 8. The summed E-state index contributed by atoms with van der Waals surface area (Å²) in [5.41, 5.74) is -2.17. The zero-order valence-electron chi connectivity index (χ0n) is 61.0. The largest absolute Gasteiger partial charge is 0.450 e. The van der Waals surface area contributed by atoms with Crippen molar-refractivity contribution in [1.29, 1.82) is 0 Å². The number of unbranched alkanes of at least 4 members (excludes halogenated alkanes) is 9. The van der Waals surface area contributed by atoms with Gasteiger partial charge in [-0.15, -0.1) is 0 Å². The number of rotatable bonds is 53. The van der Waals surface area contributed by atoms with Crippen molar-refractivity contribution in [3.8, 4) is 0 Å². The van der Waals surface area contributed by atoms with Crippen LogP contribution in [-0.2, 0) is 71.4 Å². The van der Waals surface area contributed by atoms with Crippen molar-refractivity contribution in [2.75, 3.05) is 98.7 Å². The molecule has 0 aliphatic carbocycles. The maximum Gasteiger partial charge on any atom is 0.407 e. The molecule has 104 heavy (non-hydrogen) atoms. The molecule has 0 aromatic heterocycles. The van der Waals surface area contributed by atoms with Gasteiger partial charge in [0, 0.05) is 79.3 Å². The highest BCUT2D eigenvalue weighted by atomic mass is 16.7. The molecule has 600 valence electrons. The second-order valence-electron chi connectivity index (χ2n) is 27.2. The number of amides is 9.